The number of benzene rings is 2. The standard InChI is InChI=1S/C17H12ClFN2O2S/c18-12-3-6-15(19)16(7-12)21-17(22)11-1-4-14(5-2-11)23-8-13-9-24-10-20-13/h1-7,9-10H,8H2,(H,21,22). The quantitative estimate of drug-likeness (QED) is 0.711. The third-order valence-electron chi connectivity index (χ3n) is 3.16. The second kappa shape index (κ2) is 7.42. The van der Waals surface area contributed by atoms with E-state index in [0.717, 1.165) is 5.69 Å². The van der Waals surface area contributed by atoms with Crippen molar-refractivity contribution < 1.29 is 13.9 Å². The van der Waals surface area contributed by atoms with Crippen LogP contribution in [0.25, 0.3) is 0 Å². The lowest BCUT2D eigenvalue weighted by Crippen LogP contribution is -2.12. The van der Waals surface area contributed by atoms with Gasteiger partial charge in [-0.25, -0.2) is 9.37 Å². The molecule has 0 saturated heterocycles. The summed E-state index contributed by atoms with van der Waals surface area (Å²) < 4.78 is 19.2. The van der Waals surface area contributed by atoms with Gasteiger partial charge in [0.2, 0.25) is 0 Å². The van der Waals surface area contributed by atoms with Gasteiger partial charge in [0, 0.05) is 16.0 Å². The highest BCUT2D eigenvalue weighted by atomic mass is 35.5. The van der Waals surface area contributed by atoms with Crippen LogP contribution >= 0.6 is 22.9 Å². The van der Waals surface area contributed by atoms with E-state index in [1.54, 1.807) is 29.8 Å². The summed E-state index contributed by atoms with van der Waals surface area (Å²) in [5, 5.41) is 4.74. The first-order valence-electron chi connectivity index (χ1n) is 6.98. The summed E-state index contributed by atoms with van der Waals surface area (Å²) in [6, 6.07) is 10.5. The number of rotatable bonds is 5. The Morgan fingerprint density at radius 3 is 2.75 bits per heavy atom. The molecule has 0 spiro atoms. The largest absolute Gasteiger partial charge is 0.487 e. The summed E-state index contributed by atoms with van der Waals surface area (Å²) in [7, 11) is 0. The fourth-order valence-electron chi connectivity index (χ4n) is 1.96. The number of amides is 1. The van der Waals surface area contributed by atoms with Crippen LogP contribution in [0.15, 0.2) is 53.4 Å². The Labute approximate surface area is 146 Å². The molecule has 7 heteroatoms. The number of ether oxygens (including phenoxy) is 1. The summed E-state index contributed by atoms with van der Waals surface area (Å²) >= 11 is 7.31. The number of hydrogen-bond donors (Lipinski definition) is 1. The molecule has 3 rings (SSSR count). The minimum absolute atomic E-state index is 0.0383. The van der Waals surface area contributed by atoms with E-state index in [9.17, 15) is 9.18 Å². The molecule has 24 heavy (non-hydrogen) atoms. The number of nitrogens with zero attached hydrogens (tertiary/aromatic N) is 1. The second-order valence-corrected chi connectivity index (χ2v) is 6.03. The molecule has 1 N–H and O–H groups in total. The second-order valence-electron chi connectivity index (χ2n) is 4.87. The topological polar surface area (TPSA) is 51.2 Å². The summed E-state index contributed by atoms with van der Waals surface area (Å²) in [5.41, 5.74) is 3.01. The molecule has 0 unspecified atom stereocenters. The minimum Gasteiger partial charge on any atom is -0.487 e. The molecule has 0 aliphatic carbocycles. The summed E-state index contributed by atoms with van der Waals surface area (Å²) in [6.07, 6.45) is 0. The zero-order chi connectivity index (χ0) is 16.9. The van der Waals surface area contributed by atoms with Gasteiger partial charge >= 0.3 is 0 Å². The summed E-state index contributed by atoms with van der Waals surface area (Å²) in [6.45, 7) is 0.364. The Bertz CT molecular complexity index is 838. The maximum Gasteiger partial charge on any atom is 0.255 e. The van der Waals surface area contributed by atoms with Crippen LogP contribution in [0.1, 0.15) is 16.1 Å². The van der Waals surface area contributed by atoms with E-state index < -0.39 is 11.7 Å². The van der Waals surface area contributed by atoms with Crippen molar-refractivity contribution in [3.63, 3.8) is 0 Å². The van der Waals surface area contributed by atoms with Crippen LogP contribution in [0.4, 0.5) is 10.1 Å². The number of anilines is 1. The number of aromatic nitrogens is 1. The van der Waals surface area contributed by atoms with E-state index in [-0.39, 0.29) is 5.69 Å². The molecule has 0 aliphatic heterocycles. The summed E-state index contributed by atoms with van der Waals surface area (Å²) in [5.74, 6) is -0.355. The van der Waals surface area contributed by atoms with Crippen molar-refractivity contribution in [2.24, 2.45) is 0 Å². The van der Waals surface area contributed by atoms with Crippen molar-refractivity contribution in [1.29, 1.82) is 0 Å². The molecule has 0 bridgehead atoms. The third-order valence-corrected chi connectivity index (χ3v) is 4.03. The van der Waals surface area contributed by atoms with E-state index in [1.165, 1.54) is 29.5 Å². The summed E-state index contributed by atoms with van der Waals surface area (Å²) in [4.78, 5) is 16.3. The van der Waals surface area contributed by atoms with Gasteiger partial charge in [-0.15, -0.1) is 11.3 Å². The minimum atomic E-state index is -0.545. The first-order valence-corrected chi connectivity index (χ1v) is 8.30. The van der Waals surface area contributed by atoms with Gasteiger partial charge in [-0.1, -0.05) is 11.6 Å². The number of halogens is 2. The monoisotopic (exact) mass is 362 g/mol. The van der Waals surface area contributed by atoms with Gasteiger partial charge in [0.15, 0.2) is 0 Å². The molecule has 0 radical (unpaired) electrons. The highest BCUT2D eigenvalue weighted by Gasteiger charge is 2.10. The zero-order valence-corrected chi connectivity index (χ0v) is 13.9. The molecule has 4 nitrogen and oxygen atoms in total. The van der Waals surface area contributed by atoms with Crippen LogP contribution in [0.3, 0.4) is 0 Å². The molecule has 1 aromatic heterocycles. The van der Waals surface area contributed by atoms with Crippen LogP contribution in [0, 0.1) is 5.82 Å². The van der Waals surface area contributed by atoms with Gasteiger partial charge in [0.05, 0.1) is 16.9 Å². The van der Waals surface area contributed by atoms with Crippen LogP contribution in [0.2, 0.25) is 5.02 Å². The fraction of sp³-hybridized carbons (Fsp3) is 0.0588. The van der Waals surface area contributed by atoms with E-state index in [0.29, 0.717) is 22.9 Å². The van der Waals surface area contributed by atoms with Gasteiger partial charge in [0.25, 0.3) is 5.91 Å². The third kappa shape index (κ3) is 4.10. The number of carbonyl (C=O) groups excluding carboxylic acids is 1. The molecule has 2 aromatic carbocycles. The van der Waals surface area contributed by atoms with Gasteiger partial charge in [-0.2, -0.15) is 0 Å². The Balaban J connectivity index is 1.64. The molecule has 0 saturated carbocycles. The predicted molar refractivity (Wildman–Crippen MR) is 92.3 cm³/mol. The smallest absolute Gasteiger partial charge is 0.255 e. The predicted octanol–water partition coefficient (Wildman–Crippen LogP) is 4.77. The molecule has 0 aliphatic rings. The van der Waals surface area contributed by atoms with Gasteiger partial charge in [0.1, 0.15) is 18.2 Å². The van der Waals surface area contributed by atoms with Crippen LogP contribution in [-0.2, 0) is 6.61 Å². The average Bonchev–Trinajstić information content (AvgIpc) is 3.10. The van der Waals surface area contributed by atoms with Crippen molar-refractivity contribution in [1.82, 2.24) is 4.98 Å². The number of carbonyl (C=O) groups is 1. The van der Waals surface area contributed by atoms with Crippen molar-refractivity contribution in [3.8, 4) is 5.75 Å². The average molecular weight is 363 g/mol. The molecule has 1 amide bonds. The molecule has 1 heterocycles. The van der Waals surface area contributed by atoms with E-state index in [2.05, 4.69) is 10.3 Å². The number of nitrogens with one attached hydrogen (secondary N) is 1. The molecule has 0 fully saturated rings. The lowest BCUT2D eigenvalue weighted by molar-refractivity contribution is 0.102. The number of thiazole rings is 1. The van der Waals surface area contributed by atoms with E-state index >= 15 is 0 Å². The Hall–Kier alpha value is -2.44. The lowest BCUT2D eigenvalue weighted by Gasteiger charge is -2.08. The van der Waals surface area contributed by atoms with E-state index in [4.69, 9.17) is 16.3 Å². The van der Waals surface area contributed by atoms with Crippen molar-refractivity contribution in [2.75, 3.05) is 5.32 Å². The lowest BCUT2D eigenvalue weighted by atomic mass is 10.2. The first-order chi connectivity index (χ1) is 11.6. The van der Waals surface area contributed by atoms with Crippen LogP contribution in [-0.4, -0.2) is 10.9 Å². The number of hydrogen-bond acceptors (Lipinski definition) is 4. The molecule has 122 valence electrons. The molecule has 0 atom stereocenters. The van der Waals surface area contributed by atoms with E-state index in [1.807, 2.05) is 5.38 Å². The Kier molecular flexibility index (Phi) is 5.08. The highest BCUT2D eigenvalue weighted by molar-refractivity contribution is 7.07. The Morgan fingerprint density at radius 1 is 1.25 bits per heavy atom. The maximum absolute atomic E-state index is 13.6. The fourth-order valence-corrected chi connectivity index (χ4v) is 2.67. The SMILES string of the molecule is O=C(Nc1cc(Cl)ccc1F)c1ccc(OCc2cscn2)cc1. The van der Waals surface area contributed by atoms with Crippen molar-refractivity contribution >= 4 is 34.5 Å². The van der Waals surface area contributed by atoms with Gasteiger partial charge in [-0.3, -0.25) is 4.79 Å². The normalized spacial score (nSPS) is 10.4. The maximum atomic E-state index is 13.6. The van der Waals surface area contributed by atoms with Crippen LogP contribution in [0.5, 0.6) is 5.75 Å². The molecule has 3 aromatic rings. The van der Waals surface area contributed by atoms with Crippen molar-refractivity contribution in [2.45, 2.75) is 6.61 Å². The zero-order valence-electron chi connectivity index (χ0n) is 12.3. The molecular weight excluding hydrogens is 351 g/mol. The molecular formula is C17H12ClFN2O2S. The van der Waals surface area contributed by atoms with Crippen molar-refractivity contribution in [3.05, 3.63) is 75.5 Å². The van der Waals surface area contributed by atoms with Gasteiger partial charge in [-0.05, 0) is 42.5 Å². The van der Waals surface area contributed by atoms with Gasteiger partial charge < -0.3 is 10.1 Å². The highest BCUT2D eigenvalue weighted by Crippen LogP contribution is 2.21. The Morgan fingerprint density at radius 2 is 2.04 bits per heavy atom. The van der Waals surface area contributed by atoms with Crippen LogP contribution < -0.4 is 10.1 Å². The first kappa shape index (κ1) is 16.4.